The van der Waals surface area contributed by atoms with Crippen molar-refractivity contribution in [2.45, 2.75) is 219 Å². The van der Waals surface area contributed by atoms with Crippen molar-refractivity contribution in [3.8, 4) is 0 Å². The molecule has 3 N–H and O–H groups in total. The molecular formula is C64H101NO3. The molecule has 0 heterocycles. The zero-order valence-corrected chi connectivity index (χ0v) is 43.5. The van der Waals surface area contributed by atoms with Crippen LogP contribution in [0.3, 0.4) is 0 Å². The number of aliphatic hydroxyl groups excluding tert-OH is 2. The molecule has 1 amide bonds. The van der Waals surface area contributed by atoms with Crippen LogP contribution in [0.25, 0.3) is 0 Å². The van der Waals surface area contributed by atoms with Gasteiger partial charge in [-0.3, -0.25) is 4.79 Å². The third-order valence-electron chi connectivity index (χ3n) is 11.2. The molecule has 2 atom stereocenters. The maximum absolute atomic E-state index is 12.4. The minimum atomic E-state index is -0.886. The predicted octanol–water partition coefficient (Wildman–Crippen LogP) is 18.4. The van der Waals surface area contributed by atoms with Gasteiger partial charge in [-0.05, 0) is 128 Å². The number of hydrogen-bond donors (Lipinski definition) is 3. The van der Waals surface area contributed by atoms with Crippen molar-refractivity contribution >= 4 is 5.91 Å². The lowest BCUT2D eigenvalue weighted by Crippen LogP contribution is -2.45. The highest BCUT2D eigenvalue weighted by Gasteiger charge is 2.17. The monoisotopic (exact) mass is 932 g/mol. The van der Waals surface area contributed by atoms with E-state index in [9.17, 15) is 15.0 Å². The lowest BCUT2D eigenvalue weighted by molar-refractivity contribution is -0.123. The van der Waals surface area contributed by atoms with Crippen molar-refractivity contribution < 1.29 is 15.0 Å². The van der Waals surface area contributed by atoms with E-state index < -0.39 is 12.1 Å². The van der Waals surface area contributed by atoms with Gasteiger partial charge in [-0.15, -0.1) is 0 Å². The topological polar surface area (TPSA) is 69.6 Å². The molecule has 0 aromatic carbocycles. The first-order valence-electron chi connectivity index (χ1n) is 27.3. The average Bonchev–Trinajstić information content (AvgIpc) is 3.34. The van der Waals surface area contributed by atoms with Crippen molar-refractivity contribution in [3.05, 3.63) is 170 Å². The Balaban J connectivity index is 3.71. The fourth-order valence-corrected chi connectivity index (χ4v) is 7.04. The van der Waals surface area contributed by atoms with Gasteiger partial charge in [0.25, 0.3) is 0 Å². The summed E-state index contributed by atoms with van der Waals surface area (Å²) in [7, 11) is 0. The number of rotatable bonds is 47. The summed E-state index contributed by atoms with van der Waals surface area (Å²) in [6, 6.07) is -0.664. The summed E-state index contributed by atoms with van der Waals surface area (Å²) < 4.78 is 0. The van der Waals surface area contributed by atoms with Crippen LogP contribution in [0.4, 0.5) is 0 Å². The van der Waals surface area contributed by atoms with Gasteiger partial charge in [-0.1, -0.05) is 242 Å². The van der Waals surface area contributed by atoms with Crippen LogP contribution in [-0.4, -0.2) is 34.9 Å². The summed E-state index contributed by atoms with van der Waals surface area (Å²) in [5, 5.41) is 23.0. The van der Waals surface area contributed by atoms with Gasteiger partial charge in [0.15, 0.2) is 0 Å². The summed E-state index contributed by atoms with van der Waals surface area (Å²) in [5.74, 6) is -0.0979. The smallest absolute Gasteiger partial charge is 0.220 e. The van der Waals surface area contributed by atoms with Crippen molar-refractivity contribution in [2.24, 2.45) is 0 Å². The second-order valence-electron chi connectivity index (χ2n) is 17.5. The molecule has 0 bridgehead atoms. The maximum atomic E-state index is 12.4. The molecule has 4 nitrogen and oxygen atoms in total. The van der Waals surface area contributed by atoms with Gasteiger partial charge in [0.1, 0.15) is 0 Å². The van der Waals surface area contributed by atoms with E-state index in [4.69, 9.17) is 0 Å². The van der Waals surface area contributed by atoms with Gasteiger partial charge in [0.05, 0.1) is 18.8 Å². The van der Waals surface area contributed by atoms with Crippen LogP contribution >= 0.6 is 0 Å². The summed E-state index contributed by atoms with van der Waals surface area (Å²) in [6.45, 7) is 4.14. The minimum absolute atomic E-state index is 0.0979. The van der Waals surface area contributed by atoms with E-state index in [-0.39, 0.29) is 12.5 Å². The summed E-state index contributed by atoms with van der Waals surface area (Å²) >= 11 is 0. The molecule has 0 aliphatic carbocycles. The summed E-state index contributed by atoms with van der Waals surface area (Å²) in [5.41, 5.74) is 0. The Morgan fingerprint density at radius 3 is 1.03 bits per heavy atom. The molecule has 0 spiro atoms. The Morgan fingerprint density at radius 2 is 0.662 bits per heavy atom. The SMILES string of the molecule is CC/C=C\C/C=C\C/C=C\C/C=C\C/C=C\C/C=C\C/C=C\C/C=C\C/C=C\C/C=C\C/C=C\CCCCCCCCCC(=O)NC(CO)C(O)/C=C/CC/C=C/CC/C=C/CCCCCCC. The average molecular weight is 933 g/mol. The van der Waals surface area contributed by atoms with E-state index in [0.717, 1.165) is 122 Å². The number of amides is 1. The number of carbonyl (C=O) groups is 1. The van der Waals surface area contributed by atoms with Gasteiger partial charge >= 0.3 is 0 Å². The molecular weight excluding hydrogens is 831 g/mol. The Labute approximate surface area is 419 Å². The zero-order valence-electron chi connectivity index (χ0n) is 43.5. The first kappa shape index (κ1) is 63.8. The minimum Gasteiger partial charge on any atom is -0.394 e. The second-order valence-corrected chi connectivity index (χ2v) is 17.5. The normalized spacial score (nSPS) is 14.2. The van der Waals surface area contributed by atoms with E-state index in [1.165, 1.54) is 64.2 Å². The third kappa shape index (κ3) is 52.7. The Hall–Kier alpha value is -4.25. The van der Waals surface area contributed by atoms with E-state index >= 15 is 0 Å². The highest BCUT2D eigenvalue weighted by Crippen LogP contribution is 2.11. The molecule has 0 saturated heterocycles. The van der Waals surface area contributed by atoms with Crippen LogP contribution in [-0.2, 0) is 4.79 Å². The quantitative estimate of drug-likeness (QED) is 0.0421. The largest absolute Gasteiger partial charge is 0.394 e. The molecule has 0 radical (unpaired) electrons. The number of aliphatic hydroxyl groups is 2. The molecule has 0 aliphatic rings. The molecule has 0 rings (SSSR count). The number of unbranched alkanes of at least 4 members (excludes halogenated alkanes) is 14. The Bertz CT molecular complexity index is 1520. The second kappa shape index (κ2) is 57.1. The summed E-state index contributed by atoms with van der Waals surface area (Å²) in [4.78, 5) is 12.4. The van der Waals surface area contributed by atoms with Gasteiger partial charge in [-0.25, -0.2) is 0 Å². The van der Waals surface area contributed by atoms with Crippen molar-refractivity contribution in [1.29, 1.82) is 0 Å². The van der Waals surface area contributed by atoms with Gasteiger partial charge in [-0.2, -0.15) is 0 Å². The lowest BCUT2D eigenvalue weighted by atomic mass is 10.1. The van der Waals surface area contributed by atoms with E-state index in [2.05, 4.69) is 177 Å². The van der Waals surface area contributed by atoms with Crippen LogP contribution in [0.5, 0.6) is 0 Å². The van der Waals surface area contributed by atoms with Crippen molar-refractivity contribution in [3.63, 3.8) is 0 Å². The first-order valence-corrected chi connectivity index (χ1v) is 27.3. The van der Waals surface area contributed by atoms with Gasteiger partial charge < -0.3 is 15.5 Å². The Morgan fingerprint density at radius 1 is 0.368 bits per heavy atom. The third-order valence-corrected chi connectivity index (χ3v) is 11.2. The van der Waals surface area contributed by atoms with Crippen LogP contribution in [0.2, 0.25) is 0 Å². The molecule has 68 heavy (non-hydrogen) atoms. The number of hydrogen-bond acceptors (Lipinski definition) is 3. The molecule has 0 aromatic heterocycles. The molecule has 2 unspecified atom stereocenters. The van der Waals surface area contributed by atoms with E-state index in [1.807, 2.05) is 6.08 Å². The highest BCUT2D eigenvalue weighted by molar-refractivity contribution is 5.76. The predicted molar refractivity (Wildman–Crippen MR) is 303 cm³/mol. The number of allylic oxidation sites excluding steroid dienone is 27. The van der Waals surface area contributed by atoms with Crippen LogP contribution in [0.15, 0.2) is 170 Å². The van der Waals surface area contributed by atoms with Crippen LogP contribution in [0, 0.1) is 0 Å². The molecule has 0 saturated carbocycles. The lowest BCUT2D eigenvalue weighted by Gasteiger charge is -2.19. The highest BCUT2D eigenvalue weighted by atomic mass is 16.3. The molecule has 380 valence electrons. The molecule has 4 heteroatoms. The fraction of sp³-hybridized carbons (Fsp3) is 0.547. The van der Waals surface area contributed by atoms with Gasteiger partial charge in [0.2, 0.25) is 5.91 Å². The maximum Gasteiger partial charge on any atom is 0.220 e. The molecule has 0 fully saturated rings. The Kier molecular flexibility index (Phi) is 53.5. The molecule has 0 aliphatic heterocycles. The van der Waals surface area contributed by atoms with Crippen molar-refractivity contribution in [1.82, 2.24) is 5.32 Å². The van der Waals surface area contributed by atoms with Crippen LogP contribution < -0.4 is 5.32 Å². The number of carbonyl (C=O) groups excluding carboxylic acids is 1. The van der Waals surface area contributed by atoms with Gasteiger partial charge in [0, 0.05) is 6.42 Å². The standard InChI is InChI=1S/C64H101NO3/c1-3-5-7-9-11-13-15-17-19-20-21-22-23-24-25-26-27-28-29-30-31-32-33-34-35-36-37-38-39-40-41-42-43-44-46-48-50-52-54-56-58-60-64(68)65-62(61-66)63(67)59-57-55-53-51-49-47-45-18-16-14-12-10-8-6-4-2/h5,7,11,13,16-19,21-22,24-25,27-28,30-31,33-34,36-37,39-40,42-43,49,51,57,59,62-63,66-67H,3-4,6,8-10,12,14-15,20,23,26,29,32,35,38,41,44-48,50,52-56,58,60-61H2,1-2H3,(H,65,68)/b7-5-,13-11-,18-16+,19-17-,22-21-,25-24-,28-27-,31-30-,34-33-,37-36-,40-39-,43-42-,51-49+,59-57+. The molecule has 0 aromatic rings. The van der Waals surface area contributed by atoms with E-state index in [0.29, 0.717) is 6.42 Å². The van der Waals surface area contributed by atoms with Crippen molar-refractivity contribution in [2.75, 3.05) is 6.61 Å². The zero-order chi connectivity index (χ0) is 49.2. The van der Waals surface area contributed by atoms with Crippen LogP contribution in [0.1, 0.15) is 206 Å². The summed E-state index contributed by atoms with van der Waals surface area (Å²) in [6.07, 6.45) is 93.5. The first-order chi connectivity index (χ1) is 33.7. The van der Waals surface area contributed by atoms with E-state index in [1.54, 1.807) is 6.08 Å². The fourth-order valence-electron chi connectivity index (χ4n) is 7.04. The number of nitrogens with one attached hydrogen (secondary N) is 1.